The molecule has 0 aliphatic rings. The SMILES string of the molecule is COC(=O)NS(=O)(=O)Nc1nc(Cl)c2[nH]cnc2n1. The second kappa shape index (κ2) is 4.85. The highest BCUT2D eigenvalue weighted by Gasteiger charge is 2.17. The van der Waals surface area contributed by atoms with Crippen molar-refractivity contribution in [1.29, 1.82) is 0 Å². The van der Waals surface area contributed by atoms with Gasteiger partial charge in [-0.05, 0) is 0 Å². The molecule has 2 aromatic heterocycles. The molecule has 0 saturated carbocycles. The van der Waals surface area contributed by atoms with Crippen molar-refractivity contribution in [2.45, 2.75) is 0 Å². The number of hydrogen-bond acceptors (Lipinski definition) is 7. The van der Waals surface area contributed by atoms with Gasteiger partial charge in [0.05, 0.1) is 13.4 Å². The topological polar surface area (TPSA) is 139 Å². The standard InChI is InChI=1S/C7H7ClN6O4S/c1-18-7(15)14-19(16,17)13-6-11-4(8)3-5(12-6)10-2-9-3/h2H,1H3,(H,14,15)(H2,9,10,11,12,13). The molecule has 0 radical (unpaired) electrons. The molecule has 0 bridgehead atoms. The molecule has 0 aliphatic heterocycles. The molecule has 0 fully saturated rings. The molecule has 0 aromatic carbocycles. The van der Waals surface area contributed by atoms with Gasteiger partial charge in [0.2, 0.25) is 5.95 Å². The summed E-state index contributed by atoms with van der Waals surface area (Å²) in [5, 5.41) is -0.0155. The Morgan fingerprint density at radius 3 is 2.89 bits per heavy atom. The quantitative estimate of drug-likeness (QED) is 0.679. The monoisotopic (exact) mass is 306 g/mol. The molecule has 12 heteroatoms. The fourth-order valence-corrected chi connectivity index (χ4v) is 2.05. The second-order valence-electron chi connectivity index (χ2n) is 3.14. The zero-order valence-corrected chi connectivity index (χ0v) is 10.9. The van der Waals surface area contributed by atoms with Gasteiger partial charge in [0.1, 0.15) is 5.52 Å². The fourth-order valence-electron chi connectivity index (χ4n) is 1.14. The van der Waals surface area contributed by atoms with E-state index in [1.807, 2.05) is 4.72 Å². The number of rotatable bonds is 3. The largest absolute Gasteiger partial charge is 0.452 e. The highest BCUT2D eigenvalue weighted by molar-refractivity contribution is 7.91. The number of aromatic nitrogens is 4. The first-order valence-corrected chi connectivity index (χ1v) is 6.52. The van der Waals surface area contributed by atoms with Crippen molar-refractivity contribution < 1.29 is 17.9 Å². The highest BCUT2D eigenvalue weighted by atomic mass is 35.5. The number of nitrogens with zero attached hydrogens (tertiary/aromatic N) is 3. The van der Waals surface area contributed by atoms with E-state index in [1.54, 1.807) is 4.72 Å². The molecule has 3 N–H and O–H groups in total. The van der Waals surface area contributed by atoms with Gasteiger partial charge in [-0.3, -0.25) is 0 Å². The van der Waals surface area contributed by atoms with E-state index >= 15 is 0 Å². The summed E-state index contributed by atoms with van der Waals surface area (Å²) < 4.78 is 30.6. The van der Waals surface area contributed by atoms with Crippen LogP contribution in [0.2, 0.25) is 5.15 Å². The zero-order valence-electron chi connectivity index (χ0n) is 9.34. The predicted octanol–water partition coefficient (Wildman–Crippen LogP) is 0.0190. The molecule has 0 saturated heterocycles. The third-order valence-corrected chi connectivity index (χ3v) is 3.03. The second-order valence-corrected chi connectivity index (χ2v) is 4.91. The zero-order chi connectivity index (χ0) is 14.0. The summed E-state index contributed by atoms with van der Waals surface area (Å²) in [5.74, 6) is -0.332. The Morgan fingerprint density at radius 2 is 2.21 bits per heavy atom. The minimum Gasteiger partial charge on any atom is -0.452 e. The van der Waals surface area contributed by atoms with Crippen LogP contribution in [-0.4, -0.2) is 41.6 Å². The normalized spacial score (nSPS) is 11.3. The maximum atomic E-state index is 11.5. The third-order valence-electron chi connectivity index (χ3n) is 1.87. The summed E-state index contributed by atoms with van der Waals surface area (Å²) in [7, 11) is -3.19. The van der Waals surface area contributed by atoms with Crippen LogP contribution in [0.3, 0.4) is 0 Å². The van der Waals surface area contributed by atoms with Gasteiger partial charge in [-0.25, -0.2) is 19.2 Å². The molecule has 10 nitrogen and oxygen atoms in total. The molecule has 2 rings (SSSR count). The third kappa shape index (κ3) is 3.00. The molecule has 0 aliphatic carbocycles. The summed E-state index contributed by atoms with van der Waals surface area (Å²) in [6, 6.07) is 0. The van der Waals surface area contributed by atoms with Crippen LogP contribution in [-0.2, 0) is 14.9 Å². The number of nitrogens with one attached hydrogen (secondary N) is 3. The number of H-pyrrole nitrogens is 1. The number of ether oxygens (including phenoxy) is 1. The van der Waals surface area contributed by atoms with Gasteiger partial charge in [-0.15, -0.1) is 0 Å². The minimum atomic E-state index is -4.21. The maximum Gasteiger partial charge on any atom is 0.422 e. The number of carbonyl (C=O) groups is 1. The number of carbonyl (C=O) groups excluding carboxylic acids is 1. The number of amides is 1. The number of aromatic amines is 1. The predicted molar refractivity (Wildman–Crippen MR) is 64.8 cm³/mol. The number of fused-ring (bicyclic) bond motifs is 1. The van der Waals surface area contributed by atoms with Crippen LogP contribution in [0.1, 0.15) is 0 Å². The van der Waals surface area contributed by atoms with Crippen LogP contribution < -0.4 is 9.44 Å². The van der Waals surface area contributed by atoms with Gasteiger partial charge >= 0.3 is 16.3 Å². The van der Waals surface area contributed by atoms with Gasteiger partial charge in [0, 0.05) is 0 Å². The highest BCUT2D eigenvalue weighted by Crippen LogP contribution is 2.18. The smallest absolute Gasteiger partial charge is 0.422 e. The molecular formula is C7H7ClN6O4S. The number of methoxy groups -OCH3 is 1. The lowest BCUT2D eigenvalue weighted by molar-refractivity contribution is 0.177. The average Bonchev–Trinajstić information content (AvgIpc) is 2.76. The molecule has 102 valence electrons. The lowest BCUT2D eigenvalue weighted by Gasteiger charge is -2.07. The van der Waals surface area contributed by atoms with Gasteiger partial charge in [-0.1, -0.05) is 11.6 Å². The summed E-state index contributed by atoms with van der Waals surface area (Å²) in [5.41, 5.74) is 0.543. The van der Waals surface area contributed by atoms with Crippen LogP contribution in [0.15, 0.2) is 6.33 Å². The molecule has 1 amide bonds. The minimum absolute atomic E-state index is 0.0155. The average molecular weight is 307 g/mol. The Bertz CT molecular complexity index is 728. The van der Waals surface area contributed by atoms with E-state index in [0.717, 1.165) is 7.11 Å². The van der Waals surface area contributed by atoms with E-state index < -0.39 is 16.3 Å². The van der Waals surface area contributed by atoms with E-state index in [1.165, 1.54) is 6.33 Å². The van der Waals surface area contributed by atoms with Crippen LogP contribution in [0.4, 0.5) is 10.7 Å². The molecule has 2 heterocycles. The summed E-state index contributed by atoms with van der Waals surface area (Å²) >= 11 is 5.80. The van der Waals surface area contributed by atoms with Crippen molar-refractivity contribution >= 4 is 45.0 Å². The molecule has 19 heavy (non-hydrogen) atoms. The van der Waals surface area contributed by atoms with Gasteiger partial charge < -0.3 is 9.72 Å². The molecular weight excluding hydrogens is 300 g/mol. The molecule has 2 aromatic rings. The number of halogens is 1. The van der Waals surface area contributed by atoms with Gasteiger partial charge in [0.25, 0.3) is 0 Å². The van der Waals surface area contributed by atoms with Crippen molar-refractivity contribution in [3.8, 4) is 0 Å². The number of hydrogen-bond donors (Lipinski definition) is 3. The molecule has 0 unspecified atom stereocenters. The van der Waals surface area contributed by atoms with Crippen LogP contribution in [0.5, 0.6) is 0 Å². The lowest BCUT2D eigenvalue weighted by atomic mass is 10.6. The van der Waals surface area contributed by atoms with Crippen LogP contribution in [0, 0.1) is 0 Å². The lowest BCUT2D eigenvalue weighted by Crippen LogP contribution is -2.35. The van der Waals surface area contributed by atoms with E-state index in [-0.39, 0.29) is 16.7 Å². The first-order valence-electron chi connectivity index (χ1n) is 4.66. The van der Waals surface area contributed by atoms with E-state index in [0.29, 0.717) is 5.52 Å². The number of imidazole rings is 1. The summed E-state index contributed by atoms with van der Waals surface area (Å²) in [6.07, 6.45) is 0.176. The Kier molecular flexibility index (Phi) is 3.40. The van der Waals surface area contributed by atoms with Crippen LogP contribution in [0.25, 0.3) is 11.2 Å². The van der Waals surface area contributed by atoms with Crippen molar-refractivity contribution in [2.24, 2.45) is 0 Å². The Hall–Kier alpha value is -2.14. The van der Waals surface area contributed by atoms with Gasteiger partial charge in [0.15, 0.2) is 10.8 Å². The van der Waals surface area contributed by atoms with Crippen molar-refractivity contribution in [2.75, 3.05) is 11.8 Å². The number of anilines is 1. The summed E-state index contributed by atoms with van der Waals surface area (Å²) in [6.45, 7) is 0. The maximum absolute atomic E-state index is 11.5. The first-order chi connectivity index (χ1) is 8.91. The fraction of sp³-hybridized carbons (Fsp3) is 0.143. The first kappa shape index (κ1) is 13.3. The van der Waals surface area contributed by atoms with Crippen molar-refractivity contribution in [1.82, 2.24) is 24.7 Å². The Morgan fingerprint density at radius 1 is 1.47 bits per heavy atom. The Balaban J connectivity index is 2.28. The van der Waals surface area contributed by atoms with E-state index in [9.17, 15) is 13.2 Å². The van der Waals surface area contributed by atoms with Crippen molar-refractivity contribution in [3.05, 3.63) is 11.5 Å². The molecule has 0 atom stereocenters. The van der Waals surface area contributed by atoms with Crippen molar-refractivity contribution in [3.63, 3.8) is 0 Å². The Labute approximate surface area is 111 Å². The molecule has 0 spiro atoms. The van der Waals surface area contributed by atoms with E-state index in [4.69, 9.17) is 11.6 Å². The summed E-state index contributed by atoms with van der Waals surface area (Å²) in [4.78, 5) is 24.8. The van der Waals surface area contributed by atoms with Crippen LogP contribution >= 0.6 is 11.6 Å². The van der Waals surface area contributed by atoms with Gasteiger partial charge in [-0.2, -0.15) is 18.4 Å². The van der Waals surface area contributed by atoms with E-state index in [2.05, 4.69) is 24.7 Å².